The number of aryl methyl sites for hydroxylation is 1. The number of nitrogens with one attached hydrogen (secondary N) is 2. The molecule has 3 aliphatic heterocycles. The molecule has 4 amide bonds. The van der Waals surface area contributed by atoms with E-state index in [0.717, 1.165) is 34.1 Å². The zero-order valence-electron chi connectivity index (χ0n) is 32.9. The van der Waals surface area contributed by atoms with Gasteiger partial charge < -0.3 is 39.2 Å². The maximum Gasteiger partial charge on any atom is 0.228 e. The van der Waals surface area contributed by atoms with Crippen LogP contribution >= 0.6 is 0 Å². The molecule has 12 heteroatoms. The first-order valence-electron chi connectivity index (χ1n) is 20.1. The number of fused-ring (bicyclic) bond motifs is 5. The van der Waals surface area contributed by atoms with Gasteiger partial charge in [-0.05, 0) is 72.9 Å². The molecule has 0 unspecified atom stereocenters. The maximum absolute atomic E-state index is 15.0. The molecule has 0 spiro atoms. The lowest BCUT2D eigenvalue weighted by Crippen LogP contribution is -2.66. The fourth-order valence-corrected chi connectivity index (χ4v) is 9.71. The number of piperidine rings is 1. The fourth-order valence-electron chi connectivity index (χ4n) is 9.71. The Morgan fingerprint density at radius 2 is 1.73 bits per heavy atom. The number of aromatic nitrogens is 1. The molecule has 1 aliphatic carbocycles. The summed E-state index contributed by atoms with van der Waals surface area (Å²) in [6, 6.07) is 11.9. The van der Waals surface area contributed by atoms with E-state index in [4.69, 9.17) is 14.2 Å². The van der Waals surface area contributed by atoms with Gasteiger partial charge in [-0.1, -0.05) is 43.9 Å². The molecule has 2 N–H and O–H groups in total. The van der Waals surface area contributed by atoms with Gasteiger partial charge in [-0.2, -0.15) is 0 Å². The Bertz CT molecular complexity index is 1890. The zero-order valence-corrected chi connectivity index (χ0v) is 32.9. The minimum Gasteiger partial charge on any atom is -0.493 e. The smallest absolute Gasteiger partial charge is 0.228 e. The number of rotatable bonds is 13. The summed E-state index contributed by atoms with van der Waals surface area (Å²) in [6.45, 7) is 2.73. The van der Waals surface area contributed by atoms with Crippen LogP contribution in [-0.4, -0.2) is 104 Å². The number of carbonyl (C=O) groups is 4. The number of amides is 4. The van der Waals surface area contributed by atoms with E-state index in [0.29, 0.717) is 82.4 Å². The Morgan fingerprint density at radius 3 is 2.45 bits per heavy atom. The average Bonchev–Trinajstić information content (AvgIpc) is 3.87. The first-order valence-corrected chi connectivity index (χ1v) is 20.1. The van der Waals surface area contributed by atoms with E-state index in [-0.39, 0.29) is 36.6 Å². The van der Waals surface area contributed by atoms with Crippen LogP contribution < -0.4 is 14.8 Å². The molecule has 0 radical (unpaired) electrons. The molecule has 12 nitrogen and oxygen atoms in total. The molecule has 296 valence electrons. The van der Waals surface area contributed by atoms with Crippen molar-refractivity contribution in [3.05, 3.63) is 58.8 Å². The fraction of sp³-hybridized carbons (Fsp3) is 0.581. The lowest BCUT2D eigenvalue weighted by atomic mass is 9.64. The van der Waals surface area contributed by atoms with Crippen LogP contribution in [0.3, 0.4) is 0 Å². The normalized spacial score (nSPS) is 22.7. The summed E-state index contributed by atoms with van der Waals surface area (Å²) in [6.07, 6.45) is 8.39. The van der Waals surface area contributed by atoms with E-state index >= 15 is 4.79 Å². The van der Waals surface area contributed by atoms with E-state index < -0.39 is 17.4 Å². The average molecular weight is 756 g/mol. The molecular weight excluding hydrogens is 699 g/mol. The summed E-state index contributed by atoms with van der Waals surface area (Å²) in [5.41, 5.74) is 4.18. The van der Waals surface area contributed by atoms with Gasteiger partial charge in [0, 0.05) is 75.6 Å². The molecular formula is C43H57N5O7. The van der Waals surface area contributed by atoms with E-state index in [1.165, 1.54) is 31.2 Å². The Hall–Kier alpha value is -4.58. The highest BCUT2D eigenvalue weighted by Crippen LogP contribution is 2.54. The van der Waals surface area contributed by atoms with Gasteiger partial charge in [0.15, 0.2) is 11.5 Å². The second kappa shape index (κ2) is 16.6. The number of carbonyl (C=O) groups excluding carboxylic acids is 4. The molecule has 1 aromatic heterocycles. The van der Waals surface area contributed by atoms with Crippen molar-refractivity contribution in [2.75, 3.05) is 61.2 Å². The Labute approximate surface area is 324 Å². The van der Waals surface area contributed by atoms with Gasteiger partial charge in [0.05, 0.1) is 38.9 Å². The Morgan fingerprint density at radius 1 is 0.982 bits per heavy atom. The Kier molecular flexibility index (Phi) is 11.7. The summed E-state index contributed by atoms with van der Waals surface area (Å²) in [7, 11) is 6.71. The summed E-state index contributed by atoms with van der Waals surface area (Å²) in [4.78, 5) is 65.3. The molecule has 3 aromatic rings. The first kappa shape index (κ1) is 38.7. The van der Waals surface area contributed by atoms with Crippen LogP contribution in [0.4, 0.5) is 0 Å². The van der Waals surface area contributed by atoms with Crippen LogP contribution in [0.15, 0.2) is 36.4 Å². The number of H-pyrrole nitrogens is 1. The van der Waals surface area contributed by atoms with Crippen molar-refractivity contribution in [2.24, 2.45) is 17.8 Å². The number of nitrogens with zero attached hydrogens (tertiary/aromatic N) is 3. The van der Waals surface area contributed by atoms with Crippen LogP contribution in [0.25, 0.3) is 10.9 Å². The lowest BCUT2D eigenvalue weighted by Gasteiger charge is -2.56. The highest BCUT2D eigenvalue weighted by atomic mass is 16.5. The van der Waals surface area contributed by atoms with Crippen LogP contribution in [0.5, 0.6) is 11.5 Å². The van der Waals surface area contributed by atoms with Gasteiger partial charge in [0.1, 0.15) is 0 Å². The topological polar surface area (TPSA) is 134 Å². The molecule has 7 rings (SSSR count). The number of benzene rings is 2. The standard InChI is InChI=1S/C43H57N5O7/c1-46(2)39(50)14-11-29-9-12-32-33-16-18-48-41(51)31(26-38(49)44-27-30-10-13-36(53-3)37(24-30)54-4)25-34(42(52)47-19-21-55-22-20-47)43(48,40(33)45-35(32)23-29)17-15-28-7-5-6-8-28/h9-10,12-13,23-24,28,31,34,45H,5-8,11,14-22,25-27H2,1-4H3,(H,44,49)/t31-,34-,43+/m1/s1. The monoisotopic (exact) mass is 755 g/mol. The van der Waals surface area contributed by atoms with E-state index in [9.17, 15) is 14.4 Å². The van der Waals surface area contributed by atoms with Gasteiger partial charge in [-0.25, -0.2) is 0 Å². The number of aromatic amines is 1. The molecule has 55 heavy (non-hydrogen) atoms. The Balaban J connectivity index is 1.23. The van der Waals surface area contributed by atoms with Crippen molar-refractivity contribution in [3.63, 3.8) is 0 Å². The molecule has 3 atom stereocenters. The minimum absolute atomic E-state index is 0.00278. The second-order valence-electron chi connectivity index (χ2n) is 16.1. The van der Waals surface area contributed by atoms with Crippen molar-refractivity contribution in [1.82, 2.24) is 25.0 Å². The van der Waals surface area contributed by atoms with Crippen LogP contribution in [0.2, 0.25) is 0 Å². The van der Waals surface area contributed by atoms with Gasteiger partial charge in [0.25, 0.3) is 0 Å². The SMILES string of the molecule is COc1ccc(CNC(=O)C[C@H]2C[C@H](C(=O)N3CCOCC3)[C@@]3(CCC4CCCC4)c4[nH]c5cc(CCC(=O)N(C)C)ccc5c4CCN3C2=O)cc1OC. The van der Waals surface area contributed by atoms with Crippen molar-refractivity contribution in [1.29, 1.82) is 0 Å². The van der Waals surface area contributed by atoms with E-state index in [1.54, 1.807) is 39.3 Å². The van der Waals surface area contributed by atoms with E-state index in [1.807, 2.05) is 21.9 Å². The summed E-state index contributed by atoms with van der Waals surface area (Å²) in [5, 5.41) is 4.13. The molecule has 4 heterocycles. The number of ether oxygens (including phenoxy) is 3. The summed E-state index contributed by atoms with van der Waals surface area (Å²) >= 11 is 0. The van der Waals surface area contributed by atoms with Crippen molar-refractivity contribution in [2.45, 2.75) is 82.7 Å². The van der Waals surface area contributed by atoms with Gasteiger partial charge in [0.2, 0.25) is 23.6 Å². The lowest BCUT2D eigenvalue weighted by molar-refractivity contribution is -0.169. The number of morpholine rings is 1. The molecule has 3 fully saturated rings. The quantitative estimate of drug-likeness (QED) is 0.252. The van der Waals surface area contributed by atoms with Gasteiger partial charge in [-0.15, -0.1) is 0 Å². The summed E-state index contributed by atoms with van der Waals surface area (Å²) in [5.74, 6) is 0.421. The number of hydrogen-bond acceptors (Lipinski definition) is 7. The van der Waals surface area contributed by atoms with Crippen LogP contribution in [0, 0.1) is 17.8 Å². The molecule has 4 aliphatic rings. The first-order chi connectivity index (χ1) is 26.6. The predicted octanol–water partition coefficient (Wildman–Crippen LogP) is 4.96. The van der Waals surface area contributed by atoms with Gasteiger partial charge >= 0.3 is 0 Å². The third-order valence-corrected chi connectivity index (χ3v) is 12.7. The van der Waals surface area contributed by atoms with Gasteiger partial charge in [-0.3, -0.25) is 19.2 Å². The number of hydrogen-bond donors (Lipinski definition) is 2. The van der Waals surface area contributed by atoms with Crippen molar-refractivity contribution < 1.29 is 33.4 Å². The highest BCUT2D eigenvalue weighted by Gasteiger charge is 2.59. The molecule has 1 saturated carbocycles. The molecule has 2 saturated heterocycles. The van der Waals surface area contributed by atoms with E-state index in [2.05, 4.69) is 28.5 Å². The number of methoxy groups -OCH3 is 2. The molecule has 2 aromatic carbocycles. The maximum atomic E-state index is 15.0. The molecule has 0 bridgehead atoms. The second-order valence-corrected chi connectivity index (χ2v) is 16.1. The highest BCUT2D eigenvalue weighted by molar-refractivity contribution is 5.93. The summed E-state index contributed by atoms with van der Waals surface area (Å²) < 4.78 is 16.5. The largest absolute Gasteiger partial charge is 0.493 e. The third-order valence-electron chi connectivity index (χ3n) is 12.7. The van der Waals surface area contributed by atoms with Crippen molar-refractivity contribution in [3.8, 4) is 11.5 Å². The minimum atomic E-state index is -0.866. The third kappa shape index (κ3) is 7.79. The van der Waals surface area contributed by atoms with Crippen molar-refractivity contribution >= 4 is 34.5 Å². The van der Waals surface area contributed by atoms with Crippen LogP contribution in [0.1, 0.15) is 80.2 Å². The van der Waals surface area contributed by atoms with Crippen LogP contribution in [-0.2, 0) is 48.8 Å². The zero-order chi connectivity index (χ0) is 38.7. The predicted molar refractivity (Wildman–Crippen MR) is 209 cm³/mol.